The molecular weight excluding hydrogens is 408 g/mol. The summed E-state index contributed by atoms with van der Waals surface area (Å²) >= 11 is 0. The van der Waals surface area contributed by atoms with E-state index in [1.165, 1.54) is 26.0 Å². The summed E-state index contributed by atoms with van der Waals surface area (Å²) in [6, 6.07) is 14.4. The fourth-order valence-electron chi connectivity index (χ4n) is 3.91. The molecule has 32 heavy (non-hydrogen) atoms. The van der Waals surface area contributed by atoms with Gasteiger partial charge in [-0.15, -0.1) is 0 Å². The Morgan fingerprint density at radius 2 is 1.38 bits per heavy atom. The van der Waals surface area contributed by atoms with Crippen molar-refractivity contribution >= 4 is 40.7 Å². The molecule has 2 aromatic rings. The van der Waals surface area contributed by atoms with Crippen LogP contribution in [0.4, 0.5) is 5.69 Å². The molecule has 2 heterocycles. The number of rotatable bonds is 2. The predicted molar refractivity (Wildman–Crippen MR) is 113 cm³/mol. The fraction of sp³-hybridized carbons (Fsp3) is 0.0833. The molecule has 2 aliphatic heterocycles. The third kappa shape index (κ3) is 2.91. The van der Waals surface area contributed by atoms with E-state index in [1.807, 2.05) is 6.07 Å². The molecule has 4 rings (SSSR count). The van der Waals surface area contributed by atoms with Crippen molar-refractivity contribution < 1.29 is 19.2 Å². The van der Waals surface area contributed by atoms with Crippen molar-refractivity contribution in [3.05, 3.63) is 87.8 Å². The van der Waals surface area contributed by atoms with Crippen LogP contribution in [0.25, 0.3) is 16.2 Å². The summed E-state index contributed by atoms with van der Waals surface area (Å²) < 4.78 is 0. The molecule has 2 aromatic carbocycles. The second-order valence-corrected chi connectivity index (χ2v) is 7.12. The third-order valence-corrected chi connectivity index (χ3v) is 5.15. The molecule has 0 unspecified atom stereocenters. The first kappa shape index (κ1) is 20.5. The van der Waals surface area contributed by atoms with Crippen molar-refractivity contribution in [1.82, 2.24) is 9.80 Å². The molecule has 0 atom stereocenters. The molecule has 0 fully saturated rings. The van der Waals surface area contributed by atoms with Crippen molar-refractivity contribution in [1.29, 1.82) is 5.26 Å². The molecule has 154 valence electrons. The van der Waals surface area contributed by atoms with Crippen molar-refractivity contribution in [2.24, 2.45) is 0 Å². The van der Waals surface area contributed by atoms with Gasteiger partial charge in [-0.2, -0.15) is 5.26 Å². The first-order valence-corrected chi connectivity index (χ1v) is 9.47. The van der Waals surface area contributed by atoms with E-state index in [-0.39, 0.29) is 33.8 Å². The number of hydrogen-bond acceptors (Lipinski definition) is 5. The summed E-state index contributed by atoms with van der Waals surface area (Å²) in [6.07, 6.45) is 0. The molecule has 0 N–H and O–H groups in total. The van der Waals surface area contributed by atoms with E-state index < -0.39 is 23.6 Å². The van der Waals surface area contributed by atoms with Crippen molar-refractivity contribution in [3.8, 4) is 6.07 Å². The zero-order chi connectivity index (χ0) is 23.2. The summed E-state index contributed by atoms with van der Waals surface area (Å²) in [5.74, 6) is -2.71. The van der Waals surface area contributed by atoms with Gasteiger partial charge in [0.25, 0.3) is 11.8 Å². The maximum Gasteiger partial charge on any atom is 0.268 e. The van der Waals surface area contributed by atoms with Crippen LogP contribution in [0.2, 0.25) is 0 Å². The Kier molecular flexibility index (Phi) is 4.77. The van der Waals surface area contributed by atoms with Gasteiger partial charge < -0.3 is 0 Å². The number of nitrogens with zero attached hydrogens (tertiary/aromatic N) is 4. The number of benzene rings is 2. The van der Waals surface area contributed by atoms with Crippen molar-refractivity contribution in [2.45, 2.75) is 13.8 Å². The van der Waals surface area contributed by atoms with Gasteiger partial charge in [-0.3, -0.25) is 19.2 Å². The minimum Gasteiger partial charge on any atom is -0.274 e. The van der Waals surface area contributed by atoms with Crippen molar-refractivity contribution in [2.75, 3.05) is 0 Å². The van der Waals surface area contributed by atoms with E-state index in [2.05, 4.69) is 4.85 Å². The summed E-state index contributed by atoms with van der Waals surface area (Å²) in [4.78, 5) is 56.8. The van der Waals surface area contributed by atoms with E-state index in [0.29, 0.717) is 11.1 Å². The predicted octanol–water partition coefficient (Wildman–Crippen LogP) is 3.01. The van der Waals surface area contributed by atoms with Crippen LogP contribution in [0, 0.1) is 17.9 Å². The zero-order valence-corrected chi connectivity index (χ0v) is 17.0. The van der Waals surface area contributed by atoms with Crippen LogP contribution in [0.3, 0.4) is 0 Å². The lowest BCUT2D eigenvalue weighted by molar-refractivity contribution is -0.137. The molecule has 4 amide bonds. The van der Waals surface area contributed by atoms with Gasteiger partial charge in [0.15, 0.2) is 5.69 Å². The number of hydrogen-bond donors (Lipinski definition) is 0. The number of imide groups is 2. The van der Waals surface area contributed by atoms with Crippen LogP contribution in [-0.4, -0.2) is 33.4 Å². The first-order chi connectivity index (χ1) is 15.3. The van der Waals surface area contributed by atoms with Crippen molar-refractivity contribution in [3.63, 3.8) is 0 Å². The molecular formula is C24H14N4O4. The minimum atomic E-state index is -0.745. The number of carbonyl (C=O) groups excluding carboxylic acids is 4. The molecule has 0 saturated heterocycles. The van der Waals surface area contributed by atoms with Gasteiger partial charge in [-0.05, 0) is 23.8 Å². The van der Waals surface area contributed by atoms with E-state index >= 15 is 0 Å². The van der Waals surface area contributed by atoms with Gasteiger partial charge in [0.2, 0.25) is 11.8 Å². The second-order valence-electron chi connectivity index (χ2n) is 7.12. The Morgan fingerprint density at radius 1 is 0.875 bits per heavy atom. The third-order valence-electron chi connectivity index (χ3n) is 5.15. The van der Waals surface area contributed by atoms with Gasteiger partial charge >= 0.3 is 0 Å². The Morgan fingerprint density at radius 3 is 1.84 bits per heavy atom. The van der Waals surface area contributed by atoms with Crippen LogP contribution in [0.5, 0.6) is 0 Å². The van der Waals surface area contributed by atoms with Crippen LogP contribution in [-0.2, 0) is 19.2 Å². The number of carbonyl (C=O) groups is 4. The van der Waals surface area contributed by atoms with E-state index in [0.717, 1.165) is 9.80 Å². The van der Waals surface area contributed by atoms with Crippen LogP contribution in [0.1, 0.15) is 30.5 Å². The van der Waals surface area contributed by atoms with Gasteiger partial charge in [0.1, 0.15) is 0 Å². The number of amides is 4. The molecule has 0 saturated carbocycles. The average Bonchev–Trinajstić information content (AvgIpc) is 3.26. The molecule has 0 aliphatic carbocycles. The highest BCUT2D eigenvalue weighted by atomic mass is 16.2. The van der Waals surface area contributed by atoms with Gasteiger partial charge in [0.05, 0.1) is 40.7 Å². The maximum atomic E-state index is 13.4. The highest BCUT2D eigenvalue weighted by Gasteiger charge is 2.51. The molecule has 8 nitrogen and oxygen atoms in total. The standard InChI is InChI=1S/C24H14N4O4/c1-13(29)27-21(16-7-4-6-15(10-16)12-25)19-20(24(27)32)22(28(14(2)30)23(19)31)17-8-5-9-18(11-17)26-3/h4-11H,1-2H3. The largest absolute Gasteiger partial charge is 0.274 e. The molecule has 0 radical (unpaired) electrons. The SMILES string of the molecule is [C-]#[N+]c1cccc(C2=C3C(=O)N(C(C)=O)C(c4cccc(C#N)c4)=C3C(=O)N2C(C)=O)c1. The summed E-state index contributed by atoms with van der Waals surface area (Å²) in [5.41, 5.74) is 1.09. The highest BCUT2D eigenvalue weighted by molar-refractivity contribution is 6.36. The van der Waals surface area contributed by atoms with E-state index in [9.17, 15) is 24.4 Å². The smallest absolute Gasteiger partial charge is 0.268 e. The topological polar surface area (TPSA) is 103 Å². The molecule has 8 heteroatoms. The summed E-state index contributed by atoms with van der Waals surface area (Å²) in [6.45, 7) is 9.64. The van der Waals surface area contributed by atoms with Gasteiger partial charge in [0, 0.05) is 19.4 Å². The lowest BCUT2D eigenvalue weighted by atomic mass is 10.0. The van der Waals surface area contributed by atoms with Crippen LogP contribution >= 0.6 is 0 Å². The lowest BCUT2D eigenvalue weighted by Gasteiger charge is -2.22. The fourth-order valence-corrected chi connectivity index (χ4v) is 3.91. The maximum absolute atomic E-state index is 13.4. The molecule has 0 spiro atoms. The van der Waals surface area contributed by atoms with Crippen LogP contribution in [0.15, 0.2) is 59.7 Å². The second kappa shape index (κ2) is 7.46. The van der Waals surface area contributed by atoms with Gasteiger partial charge in [-0.25, -0.2) is 14.6 Å². The molecule has 0 bridgehead atoms. The van der Waals surface area contributed by atoms with E-state index in [4.69, 9.17) is 6.57 Å². The Labute approximate surface area is 183 Å². The first-order valence-electron chi connectivity index (χ1n) is 9.47. The quantitative estimate of drug-likeness (QED) is 0.692. The highest BCUT2D eigenvalue weighted by Crippen LogP contribution is 2.47. The summed E-state index contributed by atoms with van der Waals surface area (Å²) in [7, 11) is 0. The normalized spacial score (nSPS) is 15.1. The monoisotopic (exact) mass is 422 g/mol. The Balaban J connectivity index is 2.10. The Bertz CT molecular complexity index is 1290. The van der Waals surface area contributed by atoms with E-state index in [1.54, 1.807) is 36.4 Å². The summed E-state index contributed by atoms with van der Waals surface area (Å²) in [5, 5.41) is 9.26. The minimum absolute atomic E-state index is 0.0298. The van der Waals surface area contributed by atoms with Gasteiger partial charge in [-0.1, -0.05) is 30.3 Å². The average molecular weight is 422 g/mol. The zero-order valence-electron chi connectivity index (χ0n) is 17.0. The number of nitriles is 1. The number of fused-ring (bicyclic) bond motifs is 1. The molecule has 2 aliphatic rings. The molecule has 0 aromatic heterocycles. The lowest BCUT2D eigenvalue weighted by Crippen LogP contribution is -2.34. The van der Waals surface area contributed by atoms with Crippen LogP contribution < -0.4 is 0 Å². The Hall–Kier alpha value is -4.82.